The molecule has 0 spiro atoms. The minimum absolute atomic E-state index is 0.311. The molecule has 0 radical (unpaired) electrons. The van der Waals surface area contributed by atoms with Crippen LogP contribution in [0.25, 0.3) is 21.0 Å². The molecule has 4 rings (SSSR count). The number of carbonyl (C=O) groups is 1. The van der Waals surface area contributed by atoms with Crippen LogP contribution in [0.3, 0.4) is 0 Å². The van der Waals surface area contributed by atoms with Crippen LogP contribution in [0.2, 0.25) is 0 Å². The zero-order chi connectivity index (χ0) is 19.5. The average molecular weight is 389 g/mol. The molecule has 1 unspecified atom stereocenters. The largest absolute Gasteiger partial charge is 0.481 e. The molecule has 1 amide bonds. The number of ether oxygens (including phenoxy) is 1. The van der Waals surface area contributed by atoms with E-state index in [1.165, 1.54) is 0 Å². The first-order chi connectivity index (χ1) is 13.6. The number of thiazole rings is 1. The lowest BCUT2D eigenvalue weighted by Crippen LogP contribution is -2.33. The Kier molecular flexibility index (Phi) is 5.04. The number of nitrogens with one attached hydrogen (secondary N) is 1. The van der Waals surface area contributed by atoms with E-state index in [2.05, 4.69) is 15.5 Å². The lowest BCUT2D eigenvalue weighted by atomic mass is 10.1. The van der Waals surface area contributed by atoms with Crippen molar-refractivity contribution in [3.8, 4) is 5.75 Å². The molecule has 1 aromatic heterocycles. The van der Waals surface area contributed by atoms with Crippen LogP contribution in [0.15, 0.2) is 71.8 Å². The SMILES string of the molecule is CC(=NNC(=O)C(C)Oc1ccc2ccccc2c1)c1nc2ccccc2s1. The summed E-state index contributed by atoms with van der Waals surface area (Å²) in [6.07, 6.45) is -0.673. The number of carbonyl (C=O) groups excluding carboxylic acids is 1. The summed E-state index contributed by atoms with van der Waals surface area (Å²) in [6, 6.07) is 21.7. The first-order valence-electron chi connectivity index (χ1n) is 8.96. The lowest BCUT2D eigenvalue weighted by molar-refractivity contribution is -0.127. The molecule has 3 aromatic carbocycles. The summed E-state index contributed by atoms with van der Waals surface area (Å²) in [5.74, 6) is 0.335. The first-order valence-corrected chi connectivity index (χ1v) is 9.77. The highest BCUT2D eigenvalue weighted by Gasteiger charge is 2.15. The molecule has 140 valence electrons. The van der Waals surface area contributed by atoms with Gasteiger partial charge in [0.2, 0.25) is 0 Å². The predicted octanol–water partition coefficient (Wildman–Crippen LogP) is 4.76. The number of hydrazone groups is 1. The Morgan fingerprint density at radius 1 is 1.07 bits per heavy atom. The highest BCUT2D eigenvalue weighted by molar-refractivity contribution is 7.20. The predicted molar refractivity (Wildman–Crippen MR) is 114 cm³/mol. The van der Waals surface area contributed by atoms with Crippen molar-refractivity contribution in [2.24, 2.45) is 5.10 Å². The number of fused-ring (bicyclic) bond motifs is 2. The second-order valence-corrected chi connectivity index (χ2v) is 7.46. The topological polar surface area (TPSA) is 63.6 Å². The molecule has 0 aliphatic heterocycles. The van der Waals surface area contributed by atoms with E-state index in [0.717, 1.165) is 26.0 Å². The van der Waals surface area contributed by atoms with Crippen molar-refractivity contribution in [2.45, 2.75) is 20.0 Å². The summed E-state index contributed by atoms with van der Waals surface area (Å²) < 4.78 is 6.87. The molecule has 0 aliphatic rings. The Morgan fingerprint density at radius 3 is 2.64 bits per heavy atom. The number of amides is 1. The van der Waals surface area contributed by atoms with Crippen LogP contribution in [-0.4, -0.2) is 22.7 Å². The number of rotatable bonds is 5. The van der Waals surface area contributed by atoms with Crippen molar-refractivity contribution >= 4 is 43.9 Å². The van der Waals surface area contributed by atoms with Gasteiger partial charge in [0.25, 0.3) is 5.91 Å². The molecule has 4 aromatic rings. The van der Waals surface area contributed by atoms with Gasteiger partial charge < -0.3 is 4.74 Å². The molecule has 0 saturated heterocycles. The summed E-state index contributed by atoms with van der Waals surface area (Å²) >= 11 is 1.54. The maximum Gasteiger partial charge on any atom is 0.280 e. The Bertz CT molecular complexity index is 1150. The zero-order valence-electron chi connectivity index (χ0n) is 15.5. The van der Waals surface area contributed by atoms with Crippen molar-refractivity contribution in [3.63, 3.8) is 0 Å². The fourth-order valence-corrected chi connectivity index (χ4v) is 3.71. The number of hydrogen-bond acceptors (Lipinski definition) is 5. The van der Waals surface area contributed by atoms with Crippen molar-refractivity contribution in [1.29, 1.82) is 0 Å². The summed E-state index contributed by atoms with van der Waals surface area (Å²) in [6.45, 7) is 3.53. The third-order valence-corrected chi connectivity index (χ3v) is 5.49. The second kappa shape index (κ2) is 7.78. The van der Waals surface area contributed by atoms with Gasteiger partial charge in [-0.1, -0.05) is 42.5 Å². The third kappa shape index (κ3) is 3.87. The van der Waals surface area contributed by atoms with Gasteiger partial charge in [0.05, 0.1) is 15.9 Å². The number of para-hydroxylation sites is 1. The molecule has 1 N–H and O–H groups in total. The fraction of sp³-hybridized carbons (Fsp3) is 0.136. The highest BCUT2D eigenvalue weighted by atomic mass is 32.1. The zero-order valence-corrected chi connectivity index (χ0v) is 16.4. The van der Waals surface area contributed by atoms with E-state index >= 15 is 0 Å². The normalized spacial score (nSPS) is 12.9. The van der Waals surface area contributed by atoms with Crippen LogP contribution in [0.5, 0.6) is 5.75 Å². The smallest absolute Gasteiger partial charge is 0.280 e. The number of benzene rings is 3. The molecule has 1 atom stereocenters. The van der Waals surface area contributed by atoms with Crippen LogP contribution in [0, 0.1) is 0 Å². The Balaban J connectivity index is 1.42. The summed E-state index contributed by atoms with van der Waals surface area (Å²) in [4.78, 5) is 16.9. The van der Waals surface area contributed by atoms with Crippen LogP contribution in [0.4, 0.5) is 0 Å². The number of hydrogen-bond donors (Lipinski definition) is 1. The summed E-state index contributed by atoms with van der Waals surface area (Å²) in [7, 11) is 0. The molecular formula is C22H19N3O2S. The van der Waals surface area contributed by atoms with Gasteiger partial charge in [-0.2, -0.15) is 5.10 Å². The molecular weight excluding hydrogens is 370 g/mol. The van der Waals surface area contributed by atoms with E-state index in [-0.39, 0.29) is 5.91 Å². The summed E-state index contributed by atoms with van der Waals surface area (Å²) in [5, 5.41) is 7.16. The minimum atomic E-state index is -0.673. The quantitative estimate of drug-likeness (QED) is 0.395. The molecule has 1 heterocycles. The molecule has 0 bridgehead atoms. The van der Waals surface area contributed by atoms with Crippen LogP contribution in [-0.2, 0) is 4.79 Å². The van der Waals surface area contributed by atoms with Crippen LogP contribution in [0.1, 0.15) is 18.9 Å². The van der Waals surface area contributed by atoms with E-state index in [1.807, 2.05) is 73.7 Å². The molecule has 0 saturated carbocycles. The van der Waals surface area contributed by atoms with Gasteiger partial charge in [-0.3, -0.25) is 4.79 Å². The Morgan fingerprint density at radius 2 is 1.82 bits per heavy atom. The maximum atomic E-state index is 12.4. The Hall–Kier alpha value is -3.25. The molecule has 28 heavy (non-hydrogen) atoms. The van der Waals surface area contributed by atoms with E-state index in [1.54, 1.807) is 18.3 Å². The van der Waals surface area contributed by atoms with Gasteiger partial charge in [-0.25, -0.2) is 10.4 Å². The van der Waals surface area contributed by atoms with E-state index in [9.17, 15) is 4.79 Å². The lowest BCUT2D eigenvalue weighted by Gasteiger charge is -2.13. The third-order valence-electron chi connectivity index (χ3n) is 4.34. The van der Waals surface area contributed by atoms with Crippen molar-refractivity contribution in [2.75, 3.05) is 0 Å². The van der Waals surface area contributed by atoms with Gasteiger partial charge in [-0.15, -0.1) is 11.3 Å². The van der Waals surface area contributed by atoms with E-state index in [0.29, 0.717) is 11.5 Å². The monoisotopic (exact) mass is 389 g/mol. The van der Waals surface area contributed by atoms with Crippen molar-refractivity contribution in [3.05, 3.63) is 71.7 Å². The highest BCUT2D eigenvalue weighted by Crippen LogP contribution is 2.22. The van der Waals surface area contributed by atoms with Crippen LogP contribution >= 0.6 is 11.3 Å². The minimum Gasteiger partial charge on any atom is -0.481 e. The van der Waals surface area contributed by atoms with Gasteiger partial charge in [0.1, 0.15) is 10.8 Å². The van der Waals surface area contributed by atoms with Gasteiger partial charge in [0, 0.05) is 0 Å². The van der Waals surface area contributed by atoms with Gasteiger partial charge in [-0.05, 0) is 48.9 Å². The van der Waals surface area contributed by atoms with Gasteiger partial charge in [0.15, 0.2) is 6.10 Å². The second-order valence-electron chi connectivity index (χ2n) is 6.43. The first kappa shape index (κ1) is 18.1. The average Bonchev–Trinajstić information content (AvgIpc) is 3.16. The van der Waals surface area contributed by atoms with Crippen molar-refractivity contribution in [1.82, 2.24) is 10.4 Å². The number of aromatic nitrogens is 1. The molecule has 6 heteroatoms. The van der Waals surface area contributed by atoms with Crippen LogP contribution < -0.4 is 10.2 Å². The van der Waals surface area contributed by atoms with E-state index < -0.39 is 6.10 Å². The fourth-order valence-electron chi connectivity index (χ4n) is 2.80. The summed E-state index contributed by atoms with van der Waals surface area (Å²) in [5.41, 5.74) is 4.16. The molecule has 0 fully saturated rings. The molecule has 5 nitrogen and oxygen atoms in total. The van der Waals surface area contributed by atoms with Crippen molar-refractivity contribution < 1.29 is 9.53 Å². The van der Waals surface area contributed by atoms with E-state index in [4.69, 9.17) is 4.74 Å². The number of nitrogens with zero attached hydrogens (tertiary/aromatic N) is 2. The van der Waals surface area contributed by atoms with Gasteiger partial charge >= 0.3 is 0 Å². The maximum absolute atomic E-state index is 12.4. The molecule has 0 aliphatic carbocycles. The Labute approximate surface area is 166 Å². The standard InChI is InChI=1S/C22H19N3O2S/c1-14(22-23-19-9-5-6-10-20(19)28-22)24-25-21(26)15(2)27-18-12-11-16-7-3-4-8-17(16)13-18/h3-13,15H,1-2H3,(H,25,26).